The third-order valence-electron chi connectivity index (χ3n) is 2.75. The van der Waals surface area contributed by atoms with Gasteiger partial charge in [0.05, 0.1) is 11.1 Å². The van der Waals surface area contributed by atoms with Crippen molar-refractivity contribution in [3.05, 3.63) is 64.6 Å². The van der Waals surface area contributed by atoms with Crippen molar-refractivity contribution in [2.24, 2.45) is 0 Å². The number of non-ortho nitro benzene ring substituents is 1. The Morgan fingerprint density at radius 3 is 2.71 bits per heavy atom. The van der Waals surface area contributed by atoms with E-state index in [0.717, 1.165) is 0 Å². The van der Waals surface area contributed by atoms with E-state index < -0.39 is 10.9 Å². The van der Waals surface area contributed by atoms with Gasteiger partial charge in [0.15, 0.2) is 11.3 Å². The number of ether oxygens (including phenoxy) is 1. The maximum absolute atomic E-state index is 12.1. The second kappa shape index (κ2) is 5.00. The van der Waals surface area contributed by atoms with Crippen LogP contribution in [0.2, 0.25) is 0 Å². The lowest BCUT2D eigenvalue weighted by Crippen LogP contribution is -2.12. The van der Waals surface area contributed by atoms with Crippen LogP contribution in [-0.2, 0) is 0 Å². The fourth-order valence-electron chi connectivity index (χ4n) is 1.76. The SMILES string of the molecule is O=C(Oc1ccc([N+](=O)[O-])cc1)c1cnc2cccnn12. The van der Waals surface area contributed by atoms with Gasteiger partial charge in [-0.05, 0) is 24.3 Å². The number of aromatic nitrogens is 3. The van der Waals surface area contributed by atoms with Crippen molar-refractivity contribution < 1.29 is 14.5 Å². The maximum Gasteiger partial charge on any atom is 0.364 e. The van der Waals surface area contributed by atoms with Crippen LogP contribution in [0.5, 0.6) is 5.75 Å². The summed E-state index contributed by atoms with van der Waals surface area (Å²) in [7, 11) is 0. The zero-order valence-corrected chi connectivity index (χ0v) is 10.5. The van der Waals surface area contributed by atoms with Crippen LogP contribution in [0.25, 0.3) is 5.65 Å². The molecule has 0 saturated heterocycles. The molecule has 3 rings (SSSR count). The van der Waals surface area contributed by atoms with E-state index in [0.29, 0.717) is 5.65 Å². The first-order valence-electron chi connectivity index (χ1n) is 5.90. The smallest absolute Gasteiger partial charge is 0.364 e. The van der Waals surface area contributed by atoms with Crippen LogP contribution in [-0.4, -0.2) is 25.5 Å². The summed E-state index contributed by atoms with van der Waals surface area (Å²) in [6.07, 6.45) is 2.88. The fourth-order valence-corrected chi connectivity index (χ4v) is 1.76. The van der Waals surface area contributed by atoms with Crippen molar-refractivity contribution in [3.63, 3.8) is 0 Å². The van der Waals surface area contributed by atoms with Gasteiger partial charge in [0.2, 0.25) is 0 Å². The first-order valence-corrected chi connectivity index (χ1v) is 5.90. The lowest BCUT2D eigenvalue weighted by molar-refractivity contribution is -0.384. The standard InChI is InChI=1S/C13H8N4O4/c18-13(11-8-14-12-2-1-7-15-16(11)12)21-10-5-3-9(4-6-10)17(19)20/h1-8H. The second-order valence-corrected chi connectivity index (χ2v) is 4.08. The van der Waals surface area contributed by atoms with Crippen LogP contribution < -0.4 is 4.74 Å². The summed E-state index contributed by atoms with van der Waals surface area (Å²) in [4.78, 5) is 26.1. The monoisotopic (exact) mass is 284 g/mol. The minimum absolute atomic E-state index is 0.0775. The molecule has 3 aromatic rings. The highest BCUT2D eigenvalue weighted by Gasteiger charge is 2.15. The van der Waals surface area contributed by atoms with E-state index in [4.69, 9.17) is 4.74 Å². The number of nitro groups is 1. The van der Waals surface area contributed by atoms with Gasteiger partial charge in [-0.25, -0.2) is 14.3 Å². The first-order chi connectivity index (χ1) is 10.1. The number of carbonyl (C=O) groups excluding carboxylic acids is 1. The quantitative estimate of drug-likeness (QED) is 0.315. The average molecular weight is 284 g/mol. The summed E-state index contributed by atoms with van der Waals surface area (Å²) in [5, 5.41) is 14.6. The number of hydrogen-bond donors (Lipinski definition) is 0. The lowest BCUT2D eigenvalue weighted by Gasteiger charge is -2.03. The van der Waals surface area contributed by atoms with Crippen molar-refractivity contribution in [2.75, 3.05) is 0 Å². The molecule has 0 spiro atoms. The summed E-state index contributed by atoms with van der Waals surface area (Å²) in [6.45, 7) is 0. The minimum atomic E-state index is -0.643. The molecule has 0 amide bonds. The number of fused-ring (bicyclic) bond motifs is 1. The first kappa shape index (κ1) is 12.7. The van der Waals surface area contributed by atoms with Gasteiger partial charge in [0.25, 0.3) is 5.69 Å². The molecule has 0 aliphatic rings. The summed E-state index contributed by atoms with van der Waals surface area (Å²) < 4.78 is 6.49. The van der Waals surface area contributed by atoms with E-state index in [2.05, 4.69) is 10.1 Å². The molecule has 0 aliphatic carbocycles. The van der Waals surface area contributed by atoms with Gasteiger partial charge in [-0.1, -0.05) is 0 Å². The second-order valence-electron chi connectivity index (χ2n) is 4.08. The third-order valence-corrected chi connectivity index (χ3v) is 2.75. The van der Waals surface area contributed by atoms with E-state index in [-0.39, 0.29) is 17.1 Å². The molecule has 2 aromatic heterocycles. The van der Waals surface area contributed by atoms with E-state index in [1.165, 1.54) is 41.2 Å². The molecule has 0 aliphatic heterocycles. The Balaban J connectivity index is 1.84. The van der Waals surface area contributed by atoms with E-state index in [9.17, 15) is 14.9 Å². The molecular formula is C13H8N4O4. The molecular weight excluding hydrogens is 276 g/mol. The zero-order chi connectivity index (χ0) is 14.8. The fraction of sp³-hybridized carbons (Fsp3) is 0. The average Bonchev–Trinajstić information content (AvgIpc) is 2.92. The molecule has 8 nitrogen and oxygen atoms in total. The maximum atomic E-state index is 12.1. The van der Waals surface area contributed by atoms with Gasteiger partial charge < -0.3 is 4.74 Å². The Hall–Kier alpha value is -3.29. The van der Waals surface area contributed by atoms with Crippen molar-refractivity contribution in [2.45, 2.75) is 0 Å². The van der Waals surface area contributed by atoms with Crippen LogP contribution in [0.15, 0.2) is 48.8 Å². The molecule has 0 atom stereocenters. The van der Waals surface area contributed by atoms with E-state index >= 15 is 0 Å². The molecule has 2 heterocycles. The number of esters is 1. The van der Waals surface area contributed by atoms with Crippen LogP contribution in [0, 0.1) is 10.1 Å². The lowest BCUT2D eigenvalue weighted by atomic mass is 10.3. The van der Waals surface area contributed by atoms with Crippen molar-refractivity contribution in [1.82, 2.24) is 14.6 Å². The van der Waals surface area contributed by atoms with Crippen LogP contribution in [0.4, 0.5) is 5.69 Å². The van der Waals surface area contributed by atoms with Gasteiger partial charge in [0.1, 0.15) is 5.75 Å². The molecule has 21 heavy (non-hydrogen) atoms. The van der Waals surface area contributed by atoms with Crippen molar-refractivity contribution >= 4 is 17.3 Å². The predicted molar refractivity (Wildman–Crippen MR) is 71.0 cm³/mol. The highest BCUT2D eigenvalue weighted by Crippen LogP contribution is 2.18. The van der Waals surface area contributed by atoms with Gasteiger partial charge in [0, 0.05) is 18.3 Å². The molecule has 104 valence electrons. The number of nitrogens with zero attached hydrogens (tertiary/aromatic N) is 4. The summed E-state index contributed by atoms with van der Waals surface area (Å²) in [5.41, 5.74) is 0.614. The number of carbonyl (C=O) groups is 1. The number of imidazole rings is 1. The van der Waals surface area contributed by atoms with Crippen LogP contribution >= 0.6 is 0 Å². The van der Waals surface area contributed by atoms with Crippen molar-refractivity contribution in [3.8, 4) is 5.75 Å². The number of benzene rings is 1. The number of nitro benzene ring substituents is 1. The highest BCUT2D eigenvalue weighted by molar-refractivity contribution is 5.89. The molecule has 1 aromatic carbocycles. The zero-order valence-electron chi connectivity index (χ0n) is 10.5. The topological polar surface area (TPSA) is 99.6 Å². The Morgan fingerprint density at radius 1 is 1.24 bits per heavy atom. The molecule has 0 fully saturated rings. The molecule has 0 radical (unpaired) electrons. The minimum Gasteiger partial charge on any atom is -0.422 e. The number of hydrogen-bond acceptors (Lipinski definition) is 6. The van der Waals surface area contributed by atoms with Gasteiger partial charge >= 0.3 is 5.97 Å². The van der Waals surface area contributed by atoms with E-state index in [1.807, 2.05) is 0 Å². The van der Waals surface area contributed by atoms with Crippen LogP contribution in [0.1, 0.15) is 10.5 Å². The summed E-state index contributed by atoms with van der Waals surface area (Å²) >= 11 is 0. The molecule has 0 bridgehead atoms. The van der Waals surface area contributed by atoms with Gasteiger partial charge in [-0.15, -0.1) is 0 Å². The Bertz CT molecular complexity index is 826. The summed E-state index contributed by atoms with van der Waals surface area (Å²) in [5.74, 6) is -0.438. The molecule has 0 saturated carbocycles. The van der Waals surface area contributed by atoms with Gasteiger partial charge in [-0.2, -0.15) is 5.10 Å². The normalized spacial score (nSPS) is 10.5. The van der Waals surface area contributed by atoms with Gasteiger partial charge in [-0.3, -0.25) is 10.1 Å². The third kappa shape index (κ3) is 2.41. The summed E-state index contributed by atoms with van der Waals surface area (Å²) in [6, 6.07) is 8.63. The largest absolute Gasteiger partial charge is 0.422 e. The van der Waals surface area contributed by atoms with E-state index in [1.54, 1.807) is 12.1 Å². The molecule has 8 heteroatoms. The van der Waals surface area contributed by atoms with Crippen molar-refractivity contribution in [1.29, 1.82) is 0 Å². The molecule has 0 N–H and O–H groups in total. The predicted octanol–water partition coefficient (Wildman–Crippen LogP) is 1.86. The molecule has 0 unspecified atom stereocenters. The number of rotatable bonds is 3. The highest BCUT2D eigenvalue weighted by atomic mass is 16.6. The van der Waals surface area contributed by atoms with Crippen LogP contribution in [0.3, 0.4) is 0 Å². The Kier molecular flexibility index (Phi) is 3.03. The Labute approximate surface area is 117 Å². The Morgan fingerprint density at radius 2 is 2.00 bits per heavy atom.